The molecule has 0 saturated heterocycles. The van der Waals surface area contributed by atoms with Gasteiger partial charge in [-0.15, -0.1) is 0 Å². The number of carbonyl (C=O) groups excluding carboxylic acids is 1. The minimum absolute atomic E-state index is 0.0490. The first-order valence-electron chi connectivity index (χ1n) is 5.44. The number of carboxylic acids is 1. The zero-order valence-electron chi connectivity index (χ0n) is 10.0. The standard InChI is InChI=1S/C12H15BrN2O3/c1-15(6-2-3-11(16)17)12(18)9-5-4-8(13)7-10(9)14/h4-5,7H,2-3,6,14H2,1H3,(H,16,17). The number of nitrogens with zero attached hydrogens (tertiary/aromatic N) is 1. The molecule has 0 bridgehead atoms. The van der Waals surface area contributed by atoms with Gasteiger partial charge in [0.25, 0.3) is 5.91 Å². The molecule has 1 aromatic carbocycles. The molecule has 98 valence electrons. The van der Waals surface area contributed by atoms with Crippen LogP contribution in [0.2, 0.25) is 0 Å². The van der Waals surface area contributed by atoms with Gasteiger partial charge >= 0.3 is 5.97 Å². The molecule has 0 unspecified atom stereocenters. The lowest BCUT2D eigenvalue weighted by Crippen LogP contribution is -2.28. The van der Waals surface area contributed by atoms with Crippen molar-refractivity contribution < 1.29 is 14.7 Å². The number of carbonyl (C=O) groups is 2. The summed E-state index contributed by atoms with van der Waals surface area (Å²) >= 11 is 3.27. The second-order valence-corrected chi connectivity index (χ2v) is 4.87. The van der Waals surface area contributed by atoms with Gasteiger partial charge in [-0.25, -0.2) is 0 Å². The van der Waals surface area contributed by atoms with Gasteiger partial charge in [-0.1, -0.05) is 15.9 Å². The molecule has 0 saturated carbocycles. The van der Waals surface area contributed by atoms with Gasteiger partial charge in [0.2, 0.25) is 0 Å². The second kappa shape index (κ2) is 6.39. The fourth-order valence-corrected chi connectivity index (χ4v) is 1.88. The van der Waals surface area contributed by atoms with Crippen molar-refractivity contribution in [3.05, 3.63) is 28.2 Å². The zero-order chi connectivity index (χ0) is 13.7. The van der Waals surface area contributed by atoms with Crippen LogP contribution in [-0.2, 0) is 4.79 Å². The lowest BCUT2D eigenvalue weighted by atomic mass is 10.1. The monoisotopic (exact) mass is 314 g/mol. The lowest BCUT2D eigenvalue weighted by molar-refractivity contribution is -0.137. The fourth-order valence-electron chi connectivity index (χ4n) is 1.50. The molecule has 3 N–H and O–H groups in total. The molecule has 1 amide bonds. The average Bonchev–Trinajstić information content (AvgIpc) is 2.27. The summed E-state index contributed by atoms with van der Waals surface area (Å²) in [5, 5.41) is 8.53. The van der Waals surface area contributed by atoms with Crippen molar-refractivity contribution in [3.8, 4) is 0 Å². The molecule has 0 aromatic heterocycles. The Hall–Kier alpha value is -1.56. The van der Waals surface area contributed by atoms with Gasteiger partial charge in [0.1, 0.15) is 0 Å². The molecule has 0 aliphatic heterocycles. The summed E-state index contributed by atoms with van der Waals surface area (Å²) in [6, 6.07) is 5.06. The van der Waals surface area contributed by atoms with E-state index in [0.717, 1.165) is 4.47 Å². The Labute approximate surface area is 114 Å². The molecule has 1 rings (SSSR count). The smallest absolute Gasteiger partial charge is 0.303 e. The quantitative estimate of drug-likeness (QED) is 0.814. The van der Waals surface area contributed by atoms with Crippen molar-refractivity contribution in [3.63, 3.8) is 0 Å². The Morgan fingerprint density at radius 3 is 2.67 bits per heavy atom. The Morgan fingerprint density at radius 2 is 2.11 bits per heavy atom. The number of hydrogen-bond acceptors (Lipinski definition) is 3. The van der Waals surface area contributed by atoms with Crippen molar-refractivity contribution in [2.75, 3.05) is 19.3 Å². The molecule has 0 aliphatic rings. The number of nitrogens with two attached hydrogens (primary N) is 1. The molecule has 0 atom stereocenters. The SMILES string of the molecule is CN(CCCC(=O)O)C(=O)c1ccc(Br)cc1N. The Kier molecular flexibility index (Phi) is 5.15. The number of carboxylic acid groups (broad SMARTS) is 1. The van der Waals surface area contributed by atoms with E-state index in [1.54, 1.807) is 25.2 Å². The number of hydrogen-bond donors (Lipinski definition) is 2. The van der Waals surface area contributed by atoms with Crippen molar-refractivity contribution >= 4 is 33.5 Å². The summed E-state index contributed by atoms with van der Waals surface area (Å²) in [6.07, 6.45) is 0.474. The Morgan fingerprint density at radius 1 is 1.44 bits per heavy atom. The summed E-state index contributed by atoms with van der Waals surface area (Å²) in [7, 11) is 1.63. The molecule has 6 heteroatoms. The van der Waals surface area contributed by atoms with Crippen LogP contribution in [0.4, 0.5) is 5.69 Å². The number of anilines is 1. The van der Waals surface area contributed by atoms with E-state index in [4.69, 9.17) is 10.8 Å². The third-order valence-electron chi connectivity index (χ3n) is 2.47. The van der Waals surface area contributed by atoms with E-state index in [1.807, 2.05) is 0 Å². The summed E-state index contributed by atoms with van der Waals surface area (Å²) in [4.78, 5) is 23.9. The number of rotatable bonds is 5. The lowest BCUT2D eigenvalue weighted by Gasteiger charge is -2.17. The van der Waals surface area contributed by atoms with Crippen LogP contribution in [0, 0.1) is 0 Å². The normalized spacial score (nSPS) is 10.1. The van der Waals surface area contributed by atoms with Gasteiger partial charge in [0.05, 0.1) is 5.56 Å². The van der Waals surface area contributed by atoms with Crippen molar-refractivity contribution in [1.29, 1.82) is 0 Å². The first-order valence-corrected chi connectivity index (χ1v) is 6.23. The predicted molar refractivity (Wildman–Crippen MR) is 72.4 cm³/mol. The maximum atomic E-state index is 12.0. The van der Waals surface area contributed by atoms with E-state index in [-0.39, 0.29) is 12.3 Å². The van der Waals surface area contributed by atoms with Gasteiger partial charge < -0.3 is 15.7 Å². The molecular weight excluding hydrogens is 300 g/mol. The zero-order valence-corrected chi connectivity index (χ0v) is 11.6. The van der Waals surface area contributed by atoms with Gasteiger partial charge in [0.15, 0.2) is 0 Å². The van der Waals surface area contributed by atoms with Crippen molar-refractivity contribution in [2.45, 2.75) is 12.8 Å². The van der Waals surface area contributed by atoms with E-state index in [2.05, 4.69) is 15.9 Å². The highest BCUT2D eigenvalue weighted by Gasteiger charge is 2.14. The van der Waals surface area contributed by atoms with Crippen LogP contribution in [0.15, 0.2) is 22.7 Å². The summed E-state index contributed by atoms with van der Waals surface area (Å²) in [6.45, 7) is 0.390. The number of amides is 1. The van der Waals surface area contributed by atoms with Crippen molar-refractivity contribution in [2.24, 2.45) is 0 Å². The van der Waals surface area contributed by atoms with Crippen LogP contribution in [0.3, 0.4) is 0 Å². The highest BCUT2D eigenvalue weighted by Crippen LogP contribution is 2.19. The summed E-state index contributed by atoms with van der Waals surface area (Å²) < 4.78 is 0.810. The van der Waals surface area contributed by atoms with E-state index in [9.17, 15) is 9.59 Å². The summed E-state index contributed by atoms with van der Waals surface area (Å²) in [5.74, 6) is -1.07. The number of benzene rings is 1. The maximum absolute atomic E-state index is 12.0. The van der Waals surface area contributed by atoms with E-state index in [0.29, 0.717) is 24.2 Å². The van der Waals surface area contributed by atoms with Crippen LogP contribution < -0.4 is 5.73 Å². The first kappa shape index (κ1) is 14.5. The molecule has 1 aromatic rings. The average molecular weight is 315 g/mol. The van der Waals surface area contributed by atoms with E-state index in [1.165, 1.54) is 4.90 Å². The molecule has 0 fully saturated rings. The molecular formula is C12H15BrN2O3. The predicted octanol–water partition coefficient (Wildman–Crippen LogP) is 1.97. The van der Waals surface area contributed by atoms with Crippen LogP contribution >= 0.6 is 15.9 Å². The Balaban J connectivity index is 2.65. The second-order valence-electron chi connectivity index (χ2n) is 3.96. The van der Waals surface area contributed by atoms with Crippen molar-refractivity contribution in [1.82, 2.24) is 4.90 Å². The van der Waals surface area contributed by atoms with Crippen LogP contribution in [0.25, 0.3) is 0 Å². The minimum atomic E-state index is -0.862. The van der Waals surface area contributed by atoms with Crippen LogP contribution in [0.1, 0.15) is 23.2 Å². The number of nitrogen functional groups attached to an aromatic ring is 1. The van der Waals surface area contributed by atoms with E-state index < -0.39 is 5.97 Å². The van der Waals surface area contributed by atoms with Gasteiger partial charge in [-0.2, -0.15) is 0 Å². The largest absolute Gasteiger partial charge is 0.481 e. The van der Waals surface area contributed by atoms with Crippen LogP contribution in [0.5, 0.6) is 0 Å². The van der Waals surface area contributed by atoms with Gasteiger partial charge in [-0.3, -0.25) is 9.59 Å². The van der Waals surface area contributed by atoms with Gasteiger partial charge in [0, 0.05) is 30.2 Å². The number of aliphatic carboxylic acids is 1. The molecule has 5 nitrogen and oxygen atoms in total. The van der Waals surface area contributed by atoms with E-state index >= 15 is 0 Å². The maximum Gasteiger partial charge on any atom is 0.303 e. The summed E-state index contributed by atoms with van der Waals surface area (Å²) in [5.41, 5.74) is 6.59. The highest BCUT2D eigenvalue weighted by molar-refractivity contribution is 9.10. The molecule has 0 heterocycles. The molecule has 0 aliphatic carbocycles. The Bertz CT molecular complexity index is 463. The molecule has 18 heavy (non-hydrogen) atoms. The molecule has 0 radical (unpaired) electrons. The minimum Gasteiger partial charge on any atom is -0.481 e. The first-order chi connectivity index (χ1) is 8.41. The topological polar surface area (TPSA) is 83.6 Å². The third kappa shape index (κ3) is 4.03. The fraction of sp³-hybridized carbons (Fsp3) is 0.333. The molecule has 0 spiro atoms. The number of halogens is 1. The van der Waals surface area contributed by atoms with Gasteiger partial charge in [-0.05, 0) is 24.6 Å². The third-order valence-corrected chi connectivity index (χ3v) is 2.97. The van der Waals surface area contributed by atoms with Crippen LogP contribution in [-0.4, -0.2) is 35.5 Å². The highest BCUT2D eigenvalue weighted by atomic mass is 79.9.